The molecular weight excluding hydrogens is 309 g/mol. The van der Waals surface area contributed by atoms with Gasteiger partial charge in [0, 0.05) is 16.1 Å². The quantitative estimate of drug-likeness (QED) is 0.921. The van der Waals surface area contributed by atoms with Crippen molar-refractivity contribution in [3.63, 3.8) is 0 Å². The Hall–Kier alpha value is -1.39. The summed E-state index contributed by atoms with van der Waals surface area (Å²) in [5, 5.41) is 0. The van der Waals surface area contributed by atoms with E-state index in [-0.39, 0.29) is 17.6 Å². The van der Waals surface area contributed by atoms with E-state index in [1.54, 1.807) is 18.2 Å². The molecule has 0 heterocycles. The molecule has 0 radical (unpaired) electrons. The van der Waals surface area contributed by atoms with Crippen LogP contribution in [0, 0.1) is 5.82 Å². The minimum Gasteiger partial charge on any atom is -0.481 e. The van der Waals surface area contributed by atoms with Crippen LogP contribution in [0.1, 0.15) is 18.6 Å². The van der Waals surface area contributed by atoms with Gasteiger partial charge in [0.15, 0.2) is 11.6 Å². The molecule has 2 atom stereocenters. The number of hydrogen-bond donors (Lipinski definition) is 1. The molecule has 0 bridgehead atoms. The SMILES string of the molecule is CC(N)C(Oc1ccccc1F)c1ccccc1Br. The van der Waals surface area contributed by atoms with E-state index in [1.165, 1.54) is 6.07 Å². The fourth-order valence-electron chi connectivity index (χ4n) is 1.84. The van der Waals surface area contributed by atoms with Crippen molar-refractivity contribution in [2.45, 2.75) is 19.1 Å². The summed E-state index contributed by atoms with van der Waals surface area (Å²) in [6.45, 7) is 1.84. The summed E-state index contributed by atoms with van der Waals surface area (Å²) in [6, 6.07) is 13.7. The lowest BCUT2D eigenvalue weighted by atomic mass is 10.0. The molecule has 0 aromatic heterocycles. The molecule has 0 spiro atoms. The van der Waals surface area contributed by atoms with Gasteiger partial charge in [-0.15, -0.1) is 0 Å². The van der Waals surface area contributed by atoms with Crippen LogP contribution in [0.15, 0.2) is 53.0 Å². The topological polar surface area (TPSA) is 35.2 Å². The molecule has 2 nitrogen and oxygen atoms in total. The molecule has 2 rings (SSSR count). The average molecular weight is 324 g/mol. The first-order valence-electron chi connectivity index (χ1n) is 6.01. The first kappa shape index (κ1) is 14.0. The van der Waals surface area contributed by atoms with Crippen LogP contribution < -0.4 is 10.5 Å². The van der Waals surface area contributed by atoms with Crippen molar-refractivity contribution in [2.24, 2.45) is 5.73 Å². The van der Waals surface area contributed by atoms with Crippen LogP contribution in [0.2, 0.25) is 0 Å². The Kier molecular flexibility index (Phi) is 4.56. The van der Waals surface area contributed by atoms with Crippen LogP contribution in [0.4, 0.5) is 4.39 Å². The van der Waals surface area contributed by atoms with E-state index in [4.69, 9.17) is 10.5 Å². The average Bonchev–Trinajstić information content (AvgIpc) is 2.38. The maximum atomic E-state index is 13.7. The Morgan fingerprint density at radius 1 is 1.11 bits per heavy atom. The minimum absolute atomic E-state index is 0.209. The second kappa shape index (κ2) is 6.17. The summed E-state index contributed by atoms with van der Waals surface area (Å²) >= 11 is 3.47. The van der Waals surface area contributed by atoms with Crippen molar-refractivity contribution in [2.75, 3.05) is 0 Å². The van der Waals surface area contributed by atoms with Gasteiger partial charge in [0.1, 0.15) is 6.10 Å². The van der Waals surface area contributed by atoms with Crippen molar-refractivity contribution in [3.05, 3.63) is 64.4 Å². The lowest BCUT2D eigenvalue weighted by Crippen LogP contribution is -2.29. The van der Waals surface area contributed by atoms with Crippen LogP contribution in [-0.4, -0.2) is 6.04 Å². The fourth-order valence-corrected chi connectivity index (χ4v) is 2.35. The van der Waals surface area contributed by atoms with Crippen molar-refractivity contribution in [3.8, 4) is 5.75 Å². The summed E-state index contributed by atoms with van der Waals surface area (Å²) in [7, 11) is 0. The highest BCUT2D eigenvalue weighted by molar-refractivity contribution is 9.10. The molecule has 0 aliphatic rings. The molecular formula is C15H15BrFNO. The Morgan fingerprint density at radius 3 is 2.37 bits per heavy atom. The predicted molar refractivity (Wildman–Crippen MR) is 77.6 cm³/mol. The second-order valence-corrected chi connectivity index (χ2v) is 5.20. The molecule has 0 saturated carbocycles. The molecule has 4 heteroatoms. The van der Waals surface area contributed by atoms with E-state index in [0.29, 0.717) is 0 Å². The zero-order valence-corrected chi connectivity index (χ0v) is 12.1. The minimum atomic E-state index is -0.410. The molecule has 0 aliphatic carbocycles. The predicted octanol–water partition coefficient (Wildman–Crippen LogP) is 4.06. The molecule has 2 aromatic carbocycles. The largest absolute Gasteiger partial charge is 0.481 e. The summed E-state index contributed by atoms with van der Waals surface area (Å²) in [5.74, 6) is -0.180. The highest BCUT2D eigenvalue weighted by Crippen LogP contribution is 2.30. The number of nitrogens with two attached hydrogens (primary N) is 1. The highest BCUT2D eigenvalue weighted by atomic mass is 79.9. The number of ether oxygens (including phenoxy) is 1. The molecule has 19 heavy (non-hydrogen) atoms. The van der Waals surface area contributed by atoms with Crippen molar-refractivity contribution in [1.29, 1.82) is 0 Å². The Bertz CT molecular complexity index is 559. The number of hydrogen-bond acceptors (Lipinski definition) is 2. The van der Waals surface area contributed by atoms with Crippen molar-refractivity contribution < 1.29 is 9.13 Å². The Balaban J connectivity index is 2.33. The van der Waals surface area contributed by atoms with Gasteiger partial charge in [-0.3, -0.25) is 0 Å². The van der Waals surface area contributed by atoms with E-state index in [1.807, 2.05) is 31.2 Å². The maximum absolute atomic E-state index is 13.7. The number of rotatable bonds is 4. The van der Waals surface area contributed by atoms with E-state index < -0.39 is 6.10 Å². The normalized spacial score (nSPS) is 13.9. The van der Waals surface area contributed by atoms with Gasteiger partial charge in [0.25, 0.3) is 0 Å². The lowest BCUT2D eigenvalue weighted by Gasteiger charge is -2.24. The summed E-state index contributed by atoms with van der Waals surface area (Å²) in [6.07, 6.45) is -0.410. The van der Waals surface area contributed by atoms with Crippen LogP contribution in [0.3, 0.4) is 0 Å². The molecule has 0 fully saturated rings. The van der Waals surface area contributed by atoms with Gasteiger partial charge in [0.2, 0.25) is 0 Å². The highest BCUT2D eigenvalue weighted by Gasteiger charge is 2.21. The fraction of sp³-hybridized carbons (Fsp3) is 0.200. The first-order chi connectivity index (χ1) is 9.09. The number of benzene rings is 2. The third kappa shape index (κ3) is 3.33. The lowest BCUT2D eigenvalue weighted by molar-refractivity contribution is 0.172. The Labute approximate surface area is 120 Å². The third-order valence-electron chi connectivity index (χ3n) is 2.78. The summed E-state index contributed by atoms with van der Waals surface area (Å²) in [5.41, 5.74) is 6.87. The van der Waals surface area contributed by atoms with E-state index in [0.717, 1.165) is 10.0 Å². The van der Waals surface area contributed by atoms with Crippen molar-refractivity contribution in [1.82, 2.24) is 0 Å². The van der Waals surface area contributed by atoms with Crippen molar-refractivity contribution >= 4 is 15.9 Å². The Morgan fingerprint density at radius 2 is 1.74 bits per heavy atom. The number of halogens is 2. The summed E-state index contributed by atoms with van der Waals surface area (Å²) in [4.78, 5) is 0. The maximum Gasteiger partial charge on any atom is 0.165 e. The van der Waals surface area contributed by atoms with Gasteiger partial charge in [-0.25, -0.2) is 4.39 Å². The monoisotopic (exact) mass is 323 g/mol. The van der Waals surface area contributed by atoms with Crippen LogP contribution >= 0.6 is 15.9 Å². The molecule has 0 amide bonds. The van der Waals surface area contributed by atoms with Gasteiger partial charge in [-0.1, -0.05) is 46.3 Å². The molecule has 2 N–H and O–H groups in total. The van der Waals surface area contributed by atoms with E-state index >= 15 is 0 Å². The van der Waals surface area contributed by atoms with Gasteiger partial charge in [-0.05, 0) is 25.1 Å². The van der Waals surface area contributed by atoms with E-state index in [9.17, 15) is 4.39 Å². The molecule has 100 valence electrons. The van der Waals surface area contributed by atoms with Gasteiger partial charge < -0.3 is 10.5 Å². The molecule has 2 unspecified atom stereocenters. The molecule has 0 aliphatic heterocycles. The molecule has 2 aromatic rings. The van der Waals surface area contributed by atoms with E-state index in [2.05, 4.69) is 15.9 Å². The van der Waals surface area contributed by atoms with Crippen LogP contribution in [0.25, 0.3) is 0 Å². The zero-order valence-electron chi connectivity index (χ0n) is 10.5. The zero-order chi connectivity index (χ0) is 13.8. The molecule has 0 saturated heterocycles. The number of para-hydroxylation sites is 1. The van der Waals surface area contributed by atoms with Gasteiger partial charge in [-0.2, -0.15) is 0 Å². The summed E-state index contributed by atoms with van der Waals surface area (Å²) < 4.78 is 20.3. The first-order valence-corrected chi connectivity index (χ1v) is 6.80. The van der Waals surface area contributed by atoms with Crippen LogP contribution in [-0.2, 0) is 0 Å². The van der Waals surface area contributed by atoms with Crippen LogP contribution in [0.5, 0.6) is 5.75 Å². The van der Waals surface area contributed by atoms with Gasteiger partial charge >= 0.3 is 0 Å². The smallest absolute Gasteiger partial charge is 0.165 e. The standard InChI is InChI=1S/C15H15BrFNO/c1-10(18)15(11-6-2-3-7-12(11)16)19-14-9-5-4-8-13(14)17/h2-10,15H,18H2,1H3. The second-order valence-electron chi connectivity index (χ2n) is 4.35. The van der Waals surface area contributed by atoms with Gasteiger partial charge in [0.05, 0.1) is 0 Å². The third-order valence-corrected chi connectivity index (χ3v) is 3.50.